The third kappa shape index (κ3) is 4.94. The Morgan fingerprint density at radius 1 is 1.50 bits per heavy atom. The molecule has 0 bridgehead atoms. The van der Waals surface area contributed by atoms with Crippen molar-refractivity contribution in [2.24, 2.45) is 11.1 Å². The van der Waals surface area contributed by atoms with E-state index in [0.29, 0.717) is 12.6 Å². The summed E-state index contributed by atoms with van der Waals surface area (Å²) in [6.45, 7) is 10.9. The van der Waals surface area contributed by atoms with E-state index in [-0.39, 0.29) is 17.4 Å². The van der Waals surface area contributed by atoms with Crippen molar-refractivity contribution >= 4 is 5.91 Å². The Kier molecular flexibility index (Phi) is 5.60. The van der Waals surface area contributed by atoms with Crippen LogP contribution in [0.5, 0.6) is 0 Å². The molecule has 0 saturated heterocycles. The molecule has 18 heavy (non-hydrogen) atoms. The topological polar surface area (TPSA) is 58.4 Å². The van der Waals surface area contributed by atoms with Crippen LogP contribution in [0.4, 0.5) is 0 Å². The van der Waals surface area contributed by atoms with Crippen molar-refractivity contribution in [3.05, 3.63) is 0 Å². The van der Waals surface area contributed by atoms with Gasteiger partial charge >= 0.3 is 0 Å². The second-order valence-corrected chi connectivity index (χ2v) is 6.30. The summed E-state index contributed by atoms with van der Waals surface area (Å²) in [6.07, 6.45) is 3.34. The van der Waals surface area contributed by atoms with Crippen LogP contribution in [0.2, 0.25) is 0 Å². The number of nitrogens with zero attached hydrogens (tertiary/aromatic N) is 1. The lowest BCUT2D eigenvalue weighted by molar-refractivity contribution is -0.126. The summed E-state index contributed by atoms with van der Waals surface area (Å²) in [6, 6.07) is 0.377. The van der Waals surface area contributed by atoms with Gasteiger partial charge < -0.3 is 11.1 Å². The quantitative estimate of drug-likeness (QED) is 0.688. The molecule has 0 aromatic carbocycles. The molecule has 1 saturated carbocycles. The number of hydrogen-bond acceptors (Lipinski definition) is 3. The molecule has 0 heterocycles. The van der Waals surface area contributed by atoms with Crippen molar-refractivity contribution in [2.45, 2.75) is 59.0 Å². The van der Waals surface area contributed by atoms with Crippen LogP contribution < -0.4 is 11.1 Å². The highest BCUT2D eigenvalue weighted by atomic mass is 16.2. The van der Waals surface area contributed by atoms with Crippen LogP contribution in [0.1, 0.15) is 47.0 Å². The van der Waals surface area contributed by atoms with Gasteiger partial charge in [-0.05, 0) is 44.7 Å². The summed E-state index contributed by atoms with van der Waals surface area (Å²) in [5.74, 6) is 0.166. The van der Waals surface area contributed by atoms with E-state index in [1.807, 2.05) is 6.92 Å². The summed E-state index contributed by atoms with van der Waals surface area (Å²) < 4.78 is 0. The van der Waals surface area contributed by atoms with Gasteiger partial charge in [0.05, 0.1) is 6.04 Å². The molecule has 0 aliphatic heterocycles. The van der Waals surface area contributed by atoms with Crippen LogP contribution >= 0.6 is 0 Å². The third-order valence-corrected chi connectivity index (χ3v) is 3.55. The van der Waals surface area contributed by atoms with Crippen molar-refractivity contribution in [1.29, 1.82) is 0 Å². The molecule has 0 radical (unpaired) electrons. The van der Waals surface area contributed by atoms with E-state index in [1.54, 1.807) is 0 Å². The number of rotatable bonds is 8. The minimum absolute atomic E-state index is 0.0588. The normalized spacial score (nSPS) is 17.9. The Hall–Kier alpha value is -0.610. The van der Waals surface area contributed by atoms with Crippen LogP contribution in [0.3, 0.4) is 0 Å². The number of carbonyl (C=O) groups is 1. The smallest absolute Gasteiger partial charge is 0.237 e. The van der Waals surface area contributed by atoms with Crippen molar-refractivity contribution in [1.82, 2.24) is 10.2 Å². The molecule has 1 aliphatic rings. The first-order valence-electron chi connectivity index (χ1n) is 7.14. The first-order chi connectivity index (χ1) is 8.39. The number of amides is 1. The summed E-state index contributed by atoms with van der Waals surface area (Å²) in [5, 5.41) is 3.08. The average Bonchev–Trinajstić information content (AvgIpc) is 3.11. The number of carbonyl (C=O) groups excluding carboxylic acids is 1. The highest BCUT2D eigenvalue weighted by Gasteiger charge is 2.30. The summed E-state index contributed by atoms with van der Waals surface area (Å²) in [4.78, 5) is 14.4. The minimum atomic E-state index is -0.0589. The number of nitrogens with two attached hydrogens (primary N) is 1. The second kappa shape index (κ2) is 6.53. The van der Waals surface area contributed by atoms with Gasteiger partial charge in [-0.25, -0.2) is 0 Å². The van der Waals surface area contributed by atoms with Crippen LogP contribution in [-0.2, 0) is 4.79 Å². The fraction of sp³-hybridized carbons (Fsp3) is 0.929. The van der Waals surface area contributed by atoms with Gasteiger partial charge in [0.1, 0.15) is 0 Å². The minimum Gasteiger partial charge on any atom is -0.352 e. The Labute approximate surface area is 111 Å². The van der Waals surface area contributed by atoms with E-state index in [4.69, 9.17) is 5.73 Å². The maximum atomic E-state index is 12.1. The lowest BCUT2D eigenvalue weighted by Gasteiger charge is -2.35. The van der Waals surface area contributed by atoms with Crippen molar-refractivity contribution in [2.75, 3.05) is 19.6 Å². The van der Waals surface area contributed by atoms with Crippen LogP contribution in [-0.4, -0.2) is 42.5 Å². The van der Waals surface area contributed by atoms with Gasteiger partial charge in [0, 0.05) is 12.6 Å². The molecule has 1 fully saturated rings. The van der Waals surface area contributed by atoms with E-state index < -0.39 is 0 Å². The number of hydrogen-bond donors (Lipinski definition) is 2. The monoisotopic (exact) mass is 255 g/mol. The SMILES string of the molecule is CCCN(CC(C)(C)CN)C(C)C(=O)NC1CC1. The van der Waals surface area contributed by atoms with E-state index in [0.717, 1.165) is 32.4 Å². The molecular formula is C14H29N3O. The van der Waals surface area contributed by atoms with Crippen molar-refractivity contribution in [3.8, 4) is 0 Å². The molecular weight excluding hydrogens is 226 g/mol. The van der Waals surface area contributed by atoms with Crippen LogP contribution in [0, 0.1) is 5.41 Å². The molecule has 1 amide bonds. The Morgan fingerprint density at radius 2 is 2.11 bits per heavy atom. The Bertz CT molecular complexity index is 274. The zero-order valence-corrected chi connectivity index (χ0v) is 12.3. The molecule has 4 nitrogen and oxygen atoms in total. The fourth-order valence-corrected chi connectivity index (χ4v) is 2.03. The van der Waals surface area contributed by atoms with Gasteiger partial charge in [-0.2, -0.15) is 0 Å². The third-order valence-electron chi connectivity index (χ3n) is 3.55. The standard InChI is InChI=1S/C14H29N3O/c1-5-8-17(10-14(3,4)9-15)11(2)13(18)16-12-6-7-12/h11-12H,5-10,15H2,1-4H3,(H,16,18). The average molecular weight is 255 g/mol. The Balaban J connectivity index is 2.55. The van der Waals surface area contributed by atoms with Crippen molar-refractivity contribution in [3.63, 3.8) is 0 Å². The Morgan fingerprint density at radius 3 is 2.56 bits per heavy atom. The maximum Gasteiger partial charge on any atom is 0.237 e. The van der Waals surface area contributed by atoms with Gasteiger partial charge in [-0.1, -0.05) is 20.8 Å². The summed E-state index contributed by atoms with van der Waals surface area (Å²) in [7, 11) is 0. The molecule has 3 N–H and O–H groups in total. The second-order valence-electron chi connectivity index (χ2n) is 6.30. The van der Waals surface area contributed by atoms with E-state index in [2.05, 4.69) is 31.0 Å². The largest absolute Gasteiger partial charge is 0.352 e. The highest BCUT2D eigenvalue weighted by Crippen LogP contribution is 2.20. The predicted octanol–water partition coefficient (Wildman–Crippen LogP) is 1.35. The zero-order chi connectivity index (χ0) is 13.8. The lowest BCUT2D eigenvalue weighted by atomic mass is 9.92. The molecule has 0 aromatic heterocycles. The zero-order valence-electron chi connectivity index (χ0n) is 12.3. The van der Waals surface area contributed by atoms with Gasteiger partial charge in [-0.3, -0.25) is 9.69 Å². The molecule has 0 spiro atoms. The predicted molar refractivity (Wildman–Crippen MR) is 75.3 cm³/mol. The van der Waals surface area contributed by atoms with Crippen LogP contribution in [0.15, 0.2) is 0 Å². The lowest BCUT2D eigenvalue weighted by Crippen LogP contribution is -2.50. The van der Waals surface area contributed by atoms with Gasteiger partial charge in [0.15, 0.2) is 0 Å². The maximum absolute atomic E-state index is 12.1. The first kappa shape index (κ1) is 15.4. The van der Waals surface area contributed by atoms with Gasteiger partial charge in [-0.15, -0.1) is 0 Å². The molecule has 1 atom stereocenters. The van der Waals surface area contributed by atoms with Gasteiger partial charge in [0.2, 0.25) is 5.91 Å². The summed E-state index contributed by atoms with van der Waals surface area (Å²) >= 11 is 0. The van der Waals surface area contributed by atoms with Crippen LogP contribution in [0.25, 0.3) is 0 Å². The molecule has 106 valence electrons. The van der Waals surface area contributed by atoms with E-state index in [9.17, 15) is 4.79 Å². The van der Waals surface area contributed by atoms with E-state index >= 15 is 0 Å². The molecule has 4 heteroatoms. The molecule has 0 aromatic rings. The fourth-order valence-electron chi connectivity index (χ4n) is 2.03. The van der Waals surface area contributed by atoms with Gasteiger partial charge in [0.25, 0.3) is 0 Å². The molecule has 1 unspecified atom stereocenters. The molecule has 1 aliphatic carbocycles. The highest BCUT2D eigenvalue weighted by molar-refractivity contribution is 5.81. The van der Waals surface area contributed by atoms with Crippen molar-refractivity contribution < 1.29 is 4.79 Å². The number of nitrogens with one attached hydrogen (secondary N) is 1. The first-order valence-corrected chi connectivity index (χ1v) is 7.14. The molecule has 1 rings (SSSR count). The summed E-state index contributed by atoms with van der Waals surface area (Å²) in [5.41, 5.74) is 5.85. The van der Waals surface area contributed by atoms with E-state index in [1.165, 1.54) is 0 Å².